The lowest BCUT2D eigenvalue weighted by Gasteiger charge is -2.57. The van der Waals surface area contributed by atoms with Crippen LogP contribution in [0.3, 0.4) is 0 Å². The highest BCUT2D eigenvalue weighted by Crippen LogP contribution is 2.57. The van der Waals surface area contributed by atoms with Crippen LogP contribution in [0.4, 0.5) is 5.69 Å². The quantitative estimate of drug-likeness (QED) is 0.265. The lowest BCUT2D eigenvalue weighted by molar-refractivity contribution is -0.941. The van der Waals surface area contributed by atoms with Gasteiger partial charge in [-0.3, -0.25) is 0 Å². The van der Waals surface area contributed by atoms with Gasteiger partial charge in [0.15, 0.2) is 0 Å². The fraction of sp³-hybridized carbons (Fsp3) is 0.585. The van der Waals surface area contributed by atoms with Crippen LogP contribution in [0.2, 0.25) is 5.04 Å². The van der Waals surface area contributed by atoms with Crippen molar-refractivity contribution in [2.45, 2.75) is 127 Å². The van der Waals surface area contributed by atoms with Crippen molar-refractivity contribution in [1.29, 1.82) is 0 Å². The van der Waals surface area contributed by atoms with Crippen molar-refractivity contribution in [2.24, 2.45) is 5.92 Å². The van der Waals surface area contributed by atoms with Gasteiger partial charge in [-0.1, -0.05) is 108 Å². The average Bonchev–Trinajstić information content (AvgIpc) is 3.45. The van der Waals surface area contributed by atoms with Gasteiger partial charge in [0.2, 0.25) is 0 Å². The van der Waals surface area contributed by atoms with Crippen LogP contribution in [-0.4, -0.2) is 39.6 Å². The molecule has 2 saturated heterocycles. The second kappa shape index (κ2) is 13.3. The molecule has 0 bridgehead atoms. The maximum atomic E-state index is 14.3. The summed E-state index contributed by atoms with van der Waals surface area (Å²) in [4.78, 5) is 18.7. The molecule has 6 heteroatoms. The van der Waals surface area contributed by atoms with Gasteiger partial charge in [-0.15, -0.1) is 0 Å². The van der Waals surface area contributed by atoms with E-state index in [1.807, 2.05) is 0 Å². The van der Waals surface area contributed by atoms with E-state index in [2.05, 4.69) is 99.3 Å². The summed E-state index contributed by atoms with van der Waals surface area (Å²) in [7, 11) is -2.70. The van der Waals surface area contributed by atoms with Crippen molar-refractivity contribution < 1.29 is 13.7 Å². The van der Waals surface area contributed by atoms with Crippen molar-refractivity contribution in [2.75, 3.05) is 24.6 Å². The van der Waals surface area contributed by atoms with Gasteiger partial charge >= 0.3 is 5.63 Å². The van der Waals surface area contributed by atoms with Crippen molar-refractivity contribution >= 4 is 24.4 Å². The summed E-state index contributed by atoms with van der Waals surface area (Å²) in [5.41, 5.74) is 2.22. The minimum atomic E-state index is -2.70. The summed E-state index contributed by atoms with van der Waals surface area (Å²) in [6.07, 6.45) is 14.1. The van der Waals surface area contributed by atoms with Crippen molar-refractivity contribution in [3.8, 4) is 0 Å². The summed E-state index contributed by atoms with van der Waals surface area (Å²) in [5.74, 6) is 1.35. The van der Waals surface area contributed by atoms with E-state index in [1.165, 1.54) is 80.5 Å². The monoisotopic (exact) mass is 653 g/mol. The van der Waals surface area contributed by atoms with E-state index in [0.717, 1.165) is 37.0 Å². The zero-order valence-electron chi connectivity index (χ0n) is 29.4. The molecule has 2 aromatic carbocycles. The second-order valence-electron chi connectivity index (χ2n) is 16.1. The third-order valence-electron chi connectivity index (χ3n) is 12.4. The number of hydrogen-bond donors (Lipinski definition) is 1. The number of benzene rings is 2. The molecule has 1 spiro atoms. The fourth-order valence-electron chi connectivity index (χ4n) is 10.4. The van der Waals surface area contributed by atoms with Crippen LogP contribution < -0.4 is 25.8 Å². The Balaban J connectivity index is 1.34. The summed E-state index contributed by atoms with van der Waals surface area (Å²) < 4.78 is 13.9. The molecule has 3 aliphatic heterocycles. The molecule has 4 atom stereocenters. The van der Waals surface area contributed by atoms with Crippen LogP contribution in [0, 0.1) is 5.92 Å². The molecule has 7 rings (SSSR count). The fourth-order valence-corrected chi connectivity index (χ4v) is 15.0. The van der Waals surface area contributed by atoms with Crippen LogP contribution in [0.5, 0.6) is 0 Å². The first-order chi connectivity index (χ1) is 22.8. The van der Waals surface area contributed by atoms with Gasteiger partial charge in [0, 0.05) is 23.9 Å². The summed E-state index contributed by atoms with van der Waals surface area (Å²) in [6.45, 7) is 12.4. The van der Waals surface area contributed by atoms with Crippen LogP contribution in [0.15, 0.2) is 75.9 Å². The Morgan fingerprint density at radius 2 is 1.60 bits per heavy atom. The number of nitrogens with one attached hydrogen (secondary N) is 1. The smallest absolute Gasteiger partial charge is 0.347 e. The van der Waals surface area contributed by atoms with Crippen LogP contribution in [-0.2, 0) is 10.8 Å². The number of nitrogens with zero attached hydrogens (tertiary/aromatic N) is 1. The largest absolute Gasteiger partial charge is 0.427 e. The minimum absolute atomic E-state index is 0.0607. The van der Waals surface area contributed by atoms with E-state index in [9.17, 15) is 4.79 Å². The third kappa shape index (κ3) is 5.66. The number of piperidine rings is 1. The van der Waals surface area contributed by atoms with Crippen LogP contribution in [0.25, 0.3) is 0 Å². The lowest BCUT2D eigenvalue weighted by atomic mass is 9.63. The Labute approximate surface area is 283 Å². The number of fused-ring (bicyclic) bond motifs is 2. The molecule has 252 valence electrons. The number of aryl methyl sites for hydroxylation is 1. The first kappa shape index (κ1) is 32.9. The molecule has 0 radical (unpaired) electrons. The van der Waals surface area contributed by atoms with Crippen molar-refractivity contribution in [1.82, 2.24) is 0 Å². The normalized spacial score (nSPS) is 26.5. The molecule has 1 saturated carbocycles. The van der Waals surface area contributed by atoms with Crippen LogP contribution >= 0.6 is 0 Å². The van der Waals surface area contributed by atoms with Crippen molar-refractivity contribution in [3.05, 3.63) is 88.5 Å². The average molecular weight is 654 g/mol. The zero-order valence-corrected chi connectivity index (χ0v) is 30.4. The zero-order chi connectivity index (χ0) is 32.6. The first-order valence-corrected chi connectivity index (χ1v) is 20.8. The molecule has 0 amide bonds. The first-order valence-electron chi connectivity index (χ1n) is 18.9. The molecular weight excluding hydrogens is 597 g/mol. The maximum Gasteiger partial charge on any atom is 0.347 e. The number of likely N-dealkylation sites (tertiary alicyclic amines) is 1. The third-order valence-corrected chi connectivity index (χ3v) is 17.4. The van der Waals surface area contributed by atoms with Crippen LogP contribution in [0.1, 0.15) is 116 Å². The Hall–Kier alpha value is -2.67. The molecular formula is C41H57N2O3Si+. The maximum absolute atomic E-state index is 14.3. The molecule has 1 aliphatic carbocycles. The van der Waals surface area contributed by atoms with Gasteiger partial charge < -0.3 is 18.6 Å². The van der Waals surface area contributed by atoms with E-state index in [-0.39, 0.29) is 28.3 Å². The molecule has 3 aromatic rings. The summed E-state index contributed by atoms with van der Waals surface area (Å²) in [6, 6.07) is 24.9. The number of hydrogen-bond acceptors (Lipinski definition) is 4. The Morgan fingerprint density at radius 1 is 0.915 bits per heavy atom. The van der Waals surface area contributed by atoms with Gasteiger partial charge in [0.1, 0.15) is 17.4 Å². The number of quaternary nitrogens is 1. The highest BCUT2D eigenvalue weighted by atomic mass is 28.4. The summed E-state index contributed by atoms with van der Waals surface area (Å²) >= 11 is 0. The van der Waals surface area contributed by atoms with Gasteiger partial charge in [0.05, 0.1) is 31.4 Å². The van der Waals surface area contributed by atoms with Gasteiger partial charge in [-0.25, -0.2) is 4.79 Å². The van der Waals surface area contributed by atoms with E-state index < -0.39 is 8.32 Å². The molecule has 47 heavy (non-hydrogen) atoms. The molecule has 4 heterocycles. The Bertz CT molecular complexity index is 1520. The predicted molar refractivity (Wildman–Crippen MR) is 195 cm³/mol. The molecule has 4 aliphatic rings. The predicted octanol–water partition coefficient (Wildman–Crippen LogP) is 6.58. The topological polar surface area (TPSA) is 47.1 Å². The van der Waals surface area contributed by atoms with Gasteiger partial charge in [-0.2, -0.15) is 0 Å². The molecule has 5 nitrogen and oxygen atoms in total. The Kier molecular flexibility index (Phi) is 9.31. The lowest BCUT2D eigenvalue weighted by Crippen LogP contribution is -3.14. The number of unbranched alkanes of at least 4 members (excludes halogenated alkanes) is 1. The molecule has 1 aromatic heterocycles. The highest BCUT2D eigenvalue weighted by Gasteiger charge is 2.62. The van der Waals surface area contributed by atoms with E-state index >= 15 is 0 Å². The number of anilines is 1. The Morgan fingerprint density at radius 3 is 2.23 bits per heavy atom. The van der Waals surface area contributed by atoms with E-state index in [1.54, 1.807) is 4.90 Å². The molecule has 4 unspecified atom stereocenters. The SMILES string of the molecule is CCCCc1cc2c(c(=O)o1)C([NH+]1CCCCC1)C1CCCCC13CCC(CO[Si](c1ccccc1)(c1ccccc1)C(C)(C)C)N23. The molecule has 3 fully saturated rings. The number of rotatable bonds is 9. The highest BCUT2D eigenvalue weighted by molar-refractivity contribution is 6.99. The molecule has 1 N–H and O–H groups in total. The van der Waals surface area contributed by atoms with Crippen molar-refractivity contribution in [3.63, 3.8) is 0 Å². The van der Waals surface area contributed by atoms with E-state index in [0.29, 0.717) is 12.5 Å². The van der Waals surface area contributed by atoms with Gasteiger partial charge in [0.25, 0.3) is 8.32 Å². The van der Waals surface area contributed by atoms with Gasteiger partial charge in [-0.05, 0) is 66.8 Å². The standard InChI is InChI=1S/C41H56N2O3Si/c1-5-6-18-32-29-36-37(39(44)46-32)38(42-27-16-9-17-28-42)35-23-14-15-25-41(35)26-24-31(43(36)41)30-45-47(40(2,3)4,33-19-10-7-11-20-33)34-21-12-8-13-22-34/h7-8,10-13,19-22,29,31,35,38H,5-6,9,14-18,23-28,30H2,1-4H3/p+1. The minimum Gasteiger partial charge on any atom is -0.427 e. The second-order valence-corrected chi connectivity index (χ2v) is 20.4. The van der Waals surface area contributed by atoms with E-state index in [4.69, 9.17) is 8.84 Å². The summed E-state index contributed by atoms with van der Waals surface area (Å²) in [5, 5.41) is 2.59.